The van der Waals surface area contributed by atoms with Gasteiger partial charge in [0.25, 0.3) is 5.91 Å². The number of pyridine rings is 1. The van der Waals surface area contributed by atoms with Gasteiger partial charge in [-0.3, -0.25) is 24.6 Å². The number of urea groups is 1. The Bertz CT molecular complexity index is 2130. The normalized spacial score (nSPS) is 29.1. The van der Waals surface area contributed by atoms with Gasteiger partial charge >= 0.3 is 12.2 Å². The number of carbonyl (C=O) groups is 4. The molecule has 17 heteroatoms. The van der Waals surface area contributed by atoms with Gasteiger partial charge in [-0.25, -0.2) is 14.8 Å². The molecule has 6 aliphatic rings. The topological polar surface area (TPSA) is 140 Å². The Hall–Kier alpha value is -4.35. The van der Waals surface area contributed by atoms with E-state index in [0.29, 0.717) is 35.1 Å². The zero-order valence-corrected chi connectivity index (χ0v) is 34.2. The van der Waals surface area contributed by atoms with E-state index >= 15 is 0 Å². The second-order valence-electron chi connectivity index (χ2n) is 17.7. The highest BCUT2D eigenvalue weighted by Gasteiger charge is 2.55. The summed E-state index contributed by atoms with van der Waals surface area (Å²) in [4.78, 5) is 68.5. The lowest BCUT2D eigenvalue weighted by molar-refractivity contribution is -0.141. The molecular weight excluding hydrogens is 786 g/mol. The van der Waals surface area contributed by atoms with Crippen LogP contribution in [-0.4, -0.2) is 124 Å². The van der Waals surface area contributed by atoms with Crippen molar-refractivity contribution >= 4 is 51.0 Å². The number of halogens is 3. The Morgan fingerprint density at radius 2 is 1.75 bits per heavy atom. The van der Waals surface area contributed by atoms with Gasteiger partial charge < -0.3 is 24.8 Å². The molecule has 2 saturated carbocycles. The molecule has 13 nitrogen and oxygen atoms in total. The van der Waals surface area contributed by atoms with Crippen molar-refractivity contribution in [2.24, 2.45) is 11.3 Å². The van der Waals surface area contributed by atoms with Crippen molar-refractivity contribution in [2.75, 3.05) is 52.2 Å². The van der Waals surface area contributed by atoms with Crippen LogP contribution in [0.15, 0.2) is 30.3 Å². The summed E-state index contributed by atoms with van der Waals surface area (Å²) in [7, 11) is 3.36. The summed E-state index contributed by atoms with van der Waals surface area (Å²) >= 11 is 1.59. The molecule has 2 aliphatic carbocycles. The van der Waals surface area contributed by atoms with Crippen LogP contribution < -0.4 is 15.4 Å². The maximum atomic E-state index is 13.6. The van der Waals surface area contributed by atoms with E-state index in [9.17, 15) is 32.3 Å². The van der Waals surface area contributed by atoms with Crippen LogP contribution in [0.2, 0.25) is 0 Å². The summed E-state index contributed by atoms with van der Waals surface area (Å²) in [6.45, 7) is 5.46. The Morgan fingerprint density at radius 1 is 1.00 bits per heavy atom. The van der Waals surface area contributed by atoms with Gasteiger partial charge in [0.05, 0.1) is 40.1 Å². The van der Waals surface area contributed by atoms with E-state index < -0.39 is 23.8 Å². The number of aromatic nitrogens is 2. The number of alkyl halides is 3. The van der Waals surface area contributed by atoms with E-state index in [2.05, 4.69) is 25.4 Å². The summed E-state index contributed by atoms with van der Waals surface area (Å²) in [5.41, 5.74) is 0.00391. The zero-order valence-electron chi connectivity index (χ0n) is 33.4. The maximum absolute atomic E-state index is 13.6. The van der Waals surface area contributed by atoms with Gasteiger partial charge in [-0.2, -0.15) is 13.2 Å². The molecule has 4 unspecified atom stereocenters. The molecule has 316 valence electrons. The molecule has 4 atom stereocenters. The number of nitrogens with one attached hydrogen (secondary N) is 2. The van der Waals surface area contributed by atoms with Gasteiger partial charge in [-0.05, 0) is 107 Å². The number of imide groups is 1. The molecule has 0 bridgehead atoms. The van der Waals surface area contributed by atoms with Crippen molar-refractivity contribution < 1.29 is 37.1 Å². The average molecular weight is 837 g/mol. The van der Waals surface area contributed by atoms with Crippen molar-refractivity contribution in [1.29, 1.82) is 0 Å². The van der Waals surface area contributed by atoms with Crippen LogP contribution in [0.1, 0.15) is 97.7 Å². The van der Waals surface area contributed by atoms with Crippen molar-refractivity contribution in [1.82, 2.24) is 34.9 Å². The summed E-state index contributed by atoms with van der Waals surface area (Å²) in [5.74, 6) is -0.000778. The third kappa shape index (κ3) is 7.66. The molecule has 1 spiro atoms. The summed E-state index contributed by atoms with van der Waals surface area (Å²) < 4.78 is 46.0. The van der Waals surface area contributed by atoms with Crippen molar-refractivity contribution in [3.8, 4) is 5.75 Å². The molecule has 4 aliphatic heterocycles. The van der Waals surface area contributed by atoms with Gasteiger partial charge in [-0.1, -0.05) is 6.07 Å². The number of hydrogen-bond acceptors (Lipinski definition) is 10. The van der Waals surface area contributed by atoms with E-state index in [1.165, 1.54) is 13.2 Å². The average Bonchev–Trinajstić information content (AvgIpc) is 3.74. The Balaban J connectivity index is 0.754. The van der Waals surface area contributed by atoms with Crippen LogP contribution in [0.25, 0.3) is 10.2 Å². The van der Waals surface area contributed by atoms with Gasteiger partial charge in [0.1, 0.15) is 23.2 Å². The van der Waals surface area contributed by atoms with Crippen molar-refractivity contribution in [2.45, 2.75) is 107 Å². The predicted octanol–water partition coefficient (Wildman–Crippen LogP) is 6.10. The smallest absolute Gasteiger partial charge is 0.433 e. The number of benzene rings is 1. The molecule has 2 aromatic heterocycles. The predicted molar refractivity (Wildman–Crippen MR) is 214 cm³/mol. The monoisotopic (exact) mass is 836 g/mol. The fraction of sp³-hybridized carbons (Fsp3) is 0.619. The van der Waals surface area contributed by atoms with E-state index in [1.54, 1.807) is 28.4 Å². The third-order valence-electron chi connectivity index (χ3n) is 14.1. The minimum atomic E-state index is -4.66. The molecule has 0 radical (unpaired) electrons. The highest BCUT2D eigenvalue weighted by molar-refractivity contribution is 7.18. The number of carbonyl (C=O) groups excluding carboxylic acids is 4. The molecule has 1 aromatic carbocycles. The van der Waals surface area contributed by atoms with E-state index in [0.717, 1.165) is 118 Å². The first-order valence-corrected chi connectivity index (χ1v) is 21.8. The number of fused-ring (bicyclic) bond motifs is 2. The van der Waals surface area contributed by atoms with Crippen LogP contribution in [-0.2, 0) is 15.8 Å². The van der Waals surface area contributed by atoms with Gasteiger partial charge in [-0.15, -0.1) is 11.3 Å². The number of ether oxygens (including phenoxy) is 1. The van der Waals surface area contributed by atoms with Crippen molar-refractivity contribution in [3.63, 3.8) is 0 Å². The SMILES string of the molecule is COc1cc2nc(C3CCC(CN4CC5(CCN(C6CCCC7C6N(C)C(=O)N7C6CCC(=O)NC6=O)CC5)C4)CC3)sc2cc1NC(=O)c1cccc(C(F)(F)F)n1. The molecule has 9 rings (SSSR count). The van der Waals surface area contributed by atoms with Crippen LogP contribution in [0.3, 0.4) is 0 Å². The molecule has 2 N–H and O–H groups in total. The summed E-state index contributed by atoms with van der Waals surface area (Å²) in [6, 6.07) is 6.44. The van der Waals surface area contributed by atoms with Gasteiger partial charge in [0.15, 0.2) is 0 Å². The number of likely N-dealkylation sites (tertiary alicyclic amines) is 2. The number of methoxy groups -OCH3 is 1. The lowest BCUT2D eigenvalue weighted by Crippen LogP contribution is -2.64. The van der Waals surface area contributed by atoms with Crippen LogP contribution in [0, 0.1) is 11.3 Å². The van der Waals surface area contributed by atoms with Crippen LogP contribution in [0.5, 0.6) is 5.75 Å². The molecule has 3 aromatic rings. The number of hydrogen-bond donors (Lipinski definition) is 2. The molecule has 6 heterocycles. The Kier molecular flexibility index (Phi) is 10.6. The van der Waals surface area contributed by atoms with E-state index in [-0.39, 0.29) is 48.1 Å². The Morgan fingerprint density at radius 3 is 2.46 bits per heavy atom. The number of likely N-dealkylation sites (N-methyl/N-ethyl adjacent to an activating group) is 1. The van der Waals surface area contributed by atoms with Crippen molar-refractivity contribution in [3.05, 3.63) is 46.7 Å². The maximum Gasteiger partial charge on any atom is 0.433 e. The largest absolute Gasteiger partial charge is 0.494 e. The first kappa shape index (κ1) is 40.1. The van der Waals surface area contributed by atoms with Crippen LogP contribution >= 0.6 is 11.3 Å². The van der Waals surface area contributed by atoms with Gasteiger partial charge in [0.2, 0.25) is 11.8 Å². The number of piperidine rings is 2. The highest BCUT2D eigenvalue weighted by atomic mass is 32.1. The quantitative estimate of drug-likeness (QED) is 0.258. The molecule has 59 heavy (non-hydrogen) atoms. The number of amides is 5. The standard InChI is InChI=1S/C42H51F3N8O5S/c1-50-36-29(6-4-7-30(36)53(40(50)57)31-13-14-35(54)49-38(31)56)52-17-15-41(16-18-52)22-51(23-41)21-24-9-11-25(12-10-24)39-48-28-19-32(58-2)27(20-33(28)59-39)47-37(55)26-5-3-8-34(46-26)42(43,44)45/h3,5,8,19-20,24-25,29-31,36H,4,6-7,9-18,21-23H2,1-2H3,(H,47,55)(H,49,54,56). The van der Waals surface area contributed by atoms with Crippen LogP contribution in [0.4, 0.5) is 23.7 Å². The first-order valence-electron chi connectivity index (χ1n) is 21.0. The first-order chi connectivity index (χ1) is 28.3. The number of rotatable bonds is 8. The fourth-order valence-electron chi connectivity index (χ4n) is 11.1. The second-order valence-corrected chi connectivity index (χ2v) is 18.7. The Labute approximate surface area is 345 Å². The van der Waals surface area contributed by atoms with E-state index in [4.69, 9.17) is 9.72 Å². The second kappa shape index (κ2) is 15.6. The van der Waals surface area contributed by atoms with E-state index in [1.807, 2.05) is 11.9 Å². The molecule has 4 saturated heterocycles. The lowest BCUT2D eigenvalue weighted by Gasteiger charge is -2.56. The summed E-state index contributed by atoms with van der Waals surface area (Å²) in [6.07, 6.45) is 5.68. The number of anilines is 1. The minimum absolute atomic E-state index is 0.00686. The number of nitrogens with zero attached hydrogens (tertiary/aromatic N) is 6. The molecule has 5 amide bonds. The molecular formula is C42H51F3N8O5S. The zero-order chi connectivity index (χ0) is 41.2. The fourth-order valence-corrected chi connectivity index (χ4v) is 12.2. The highest BCUT2D eigenvalue weighted by Crippen LogP contribution is 2.46. The number of thiazole rings is 1. The van der Waals surface area contributed by atoms with Gasteiger partial charge in [0, 0.05) is 51.1 Å². The molecule has 6 fully saturated rings. The lowest BCUT2D eigenvalue weighted by atomic mass is 9.70. The summed E-state index contributed by atoms with van der Waals surface area (Å²) in [5, 5.41) is 6.19. The third-order valence-corrected chi connectivity index (χ3v) is 15.2. The minimum Gasteiger partial charge on any atom is -0.494 e.